The molecular weight excluding hydrogens is 626 g/mol. The van der Waals surface area contributed by atoms with Gasteiger partial charge in [0.15, 0.2) is 0 Å². The molecule has 0 heterocycles. The van der Waals surface area contributed by atoms with Crippen LogP contribution in [0.15, 0.2) is 0 Å². The fourth-order valence-corrected chi connectivity index (χ4v) is 5.85. The molecule has 200 valence electrons. The zero-order valence-corrected chi connectivity index (χ0v) is 27.2. The Labute approximate surface area is 238 Å². The Kier molecular flexibility index (Phi) is 32.9. The standard InChI is InChI=1S/C31H62I2/c1-2-3-4-5-6-7-8-9-10-11-12-13-14-15-16-17-18-19-20-21-22-23-24-25-26-27-28-29-30-31(32)33/h31H,2-30H2,1H3. The molecule has 0 rings (SSSR count). The van der Waals surface area contributed by atoms with Crippen molar-refractivity contribution in [1.29, 1.82) is 0 Å². The topological polar surface area (TPSA) is 0 Å². The minimum absolute atomic E-state index is 0.837. The Morgan fingerprint density at radius 3 is 0.667 bits per heavy atom. The van der Waals surface area contributed by atoms with Crippen molar-refractivity contribution in [2.45, 2.75) is 195 Å². The van der Waals surface area contributed by atoms with Crippen LogP contribution >= 0.6 is 45.2 Å². The zero-order chi connectivity index (χ0) is 24.1. The first-order valence-corrected chi connectivity index (χ1v) is 18.0. The van der Waals surface area contributed by atoms with Crippen LogP contribution in [0.3, 0.4) is 0 Å². The van der Waals surface area contributed by atoms with Crippen LogP contribution < -0.4 is 0 Å². The first kappa shape index (κ1) is 34.5. The molecule has 0 saturated heterocycles. The van der Waals surface area contributed by atoms with E-state index < -0.39 is 0 Å². The number of unbranched alkanes of at least 4 members (excludes halogenated alkanes) is 27. The highest BCUT2D eigenvalue weighted by atomic mass is 127. The van der Waals surface area contributed by atoms with Gasteiger partial charge in [0.05, 0.1) is 1.93 Å². The van der Waals surface area contributed by atoms with Crippen LogP contribution in [0.1, 0.15) is 193 Å². The molecule has 0 aromatic carbocycles. The fraction of sp³-hybridized carbons (Fsp3) is 1.00. The summed E-state index contributed by atoms with van der Waals surface area (Å²) in [5.74, 6) is 0. The van der Waals surface area contributed by atoms with Gasteiger partial charge in [0.25, 0.3) is 0 Å². The average molecular weight is 689 g/mol. The molecule has 0 aliphatic heterocycles. The molecule has 33 heavy (non-hydrogen) atoms. The van der Waals surface area contributed by atoms with E-state index in [1.165, 1.54) is 186 Å². The van der Waals surface area contributed by atoms with Crippen molar-refractivity contribution in [3.63, 3.8) is 0 Å². The maximum atomic E-state index is 2.54. The summed E-state index contributed by atoms with van der Waals surface area (Å²) in [4.78, 5) is 0. The van der Waals surface area contributed by atoms with Crippen LogP contribution in [0.2, 0.25) is 0 Å². The summed E-state index contributed by atoms with van der Waals surface area (Å²) < 4.78 is 0.837. The van der Waals surface area contributed by atoms with E-state index in [4.69, 9.17) is 0 Å². The lowest BCUT2D eigenvalue weighted by Crippen LogP contribution is -1.86. The SMILES string of the molecule is CCCCCCCCCCCCCCCCCCCCCCCCCCCCCCC(I)I. The minimum Gasteiger partial charge on any atom is -0.0710 e. The van der Waals surface area contributed by atoms with Gasteiger partial charge in [-0.25, -0.2) is 0 Å². The van der Waals surface area contributed by atoms with Gasteiger partial charge in [-0.05, 0) is 6.42 Å². The van der Waals surface area contributed by atoms with E-state index >= 15 is 0 Å². The molecule has 0 saturated carbocycles. The van der Waals surface area contributed by atoms with Gasteiger partial charge >= 0.3 is 0 Å². The lowest BCUT2D eigenvalue weighted by atomic mass is 10.0. The smallest absolute Gasteiger partial charge is 0.0626 e. The Bertz CT molecular complexity index is 329. The molecule has 0 aromatic rings. The maximum absolute atomic E-state index is 2.54. The number of alkyl halides is 2. The van der Waals surface area contributed by atoms with Crippen LogP contribution in [0.5, 0.6) is 0 Å². The van der Waals surface area contributed by atoms with Crippen molar-refractivity contribution < 1.29 is 0 Å². The van der Waals surface area contributed by atoms with E-state index in [1.807, 2.05) is 0 Å². The van der Waals surface area contributed by atoms with Crippen molar-refractivity contribution in [2.75, 3.05) is 0 Å². The number of halogens is 2. The van der Waals surface area contributed by atoms with Crippen molar-refractivity contribution in [3.05, 3.63) is 0 Å². The van der Waals surface area contributed by atoms with Crippen molar-refractivity contribution >= 4 is 45.2 Å². The normalized spacial score (nSPS) is 11.6. The lowest BCUT2D eigenvalue weighted by Gasteiger charge is -2.05. The molecule has 0 aliphatic carbocycles. The number of hydrogen-bond donors (Lipinski definition) is 0. The maximum Gasteiger partial charge on any atom is 0.0626 e. The van der Waals surface area contributed by atoms with Gasteiger partial charge in [0.1, 0.15) is 0 Å². The third-order valence-corrected chi connectivity index (χ3v) is 8.52. The quantitative estimate of drug-likeness (QED) is 0.0417. The summed E-state index contributed by atoms with van der Waals surface area (Å²) in [7, 11) is 0. The van der Waals surface area contributed by atoms with Gasteiger partial charge < -0.3 is 0 Å². The lowest BCUT2D eigenvalue weighted by molar-refractivity contribution is 0.514. The molecule has 0 aliphatic rings. The summed E-state index contributed by atoms with van der Waals surface area (Å²) in [6.45, 7) is 2.31. The van der Waals surface area contributed by atoms with Gasteiger partial charge in [-0.1, -0.05) is 232 Å². The largest absolute Gasteiger partial charge is 0.0710 e. The van der Waals surface area contributed by atoms with Crippen molar-refractivity contribution in [2.24, 2.45) is 0 Å². The Hall–Kier alpha value is 1.46. The summed E-state index contributed by atoms with van der Waals surface area (Å²) in [5, 5.41) is 0. The number of hydrogen-bond acceptors (Lipinski definition) is 0. The Morgan fingerprint density at radius 1 is 0.303 bits per heavy atom. The molecule has 0 N–H and O–H groups in total. The van der Waals surface area contributed by atoms with Gasteiger partial charge in [0.2, 0.25) is 0 Å². The molecule has 0 nitrogen and oxygen atoms in total. The monoisotopic (exact) mass is 688 g/mol. The second-order valence-corrected chi connectivity index (χ2v) is 16.1. The van der Waals surface area contributed by atoms with E-state index in [0.717, 1.165) is 1.93 Å². The number of rotatable bonds is 29. The Balaban J connectivity index is 3.00. The summed E-state index contributed by atoms with van der Waals surface area (Å²) in [5.41, 5.74) is 0. The Morgan fingerprint density at radius 2 is 0.485 bits per heavy atom. The molecule has 2 heteroatoms. The van der Waals surface area contributed by atoms with E-state index in [0.29, 0.717) is 0 Å². The average Bonchev–Trinajstić information content (AvgIpc) is 2.80. The highest BCUT2D eigenvalue weighted by Crippen LogP contribution is 2.19. The highest BCUT2D eigenvalue weighted by Gasteiger charge is 1.98. The van der Waals surface area contributed by atoms with Crippen LogP contribution in [0, 0.1) is 0 Å². The second-order valence-electron chi connectivity index (χ2n) is 10.7. The van der Waals surface area contributed by atoms with Gasteiger partial charge in [-0.2, -0.15) is 0 Å². The summed E-state index contributed by atoms with van der Waals surface area (Å²) in [6.07, 6.45) is 42.8. The minimum atomic E-state index is 0.837. The van der Waals surface area contributed by atoms with E-state index in [2.05, 4.69) is 52.1 Å². The third-order valence-electron chi connectivity index (χ3n) is 7.28. The van der Waals surface area contributed by atoms with Crippen LogP contribution in [-0.4, -0.2) is 1.93 Å². The fourth-order valence-electron chi connectivity index (χ4n) is 4.97. The van der Waals surface area contributed by atoms with Crippen molar-refractivity contribution in [3.8, 4) is 0 Å². The molecule has 0 radical (unpaired) electrons. The third kappa shape index (κ3) is 33.5. The molecule has 0 aromatic heterocycles. The van der Waals surface area contributed by atoms with E-state index in [1.54, 1.807) is 0 Å². The predicted octanol–water partition coefficient (Wildman–Crippen LogP) is 13.5. The first-order valence-electron chi connectivity index (χ1n) is 15.6. The van der Waals surface area contributed by atoms with Crippen LogP contribution in [-0.2, 0) is 0 Å². The van der Waals surface area contributed by atoms with E-state index in [-0.39, 0.29) is 0 Å². The van der Waals surface area contributed by atoms with Crippen molar-refractivity contribution in [1.82, 2.24) is 0 Å². The van der Waals surface area contributed by atoms with Gasteiger partial charge in [-0.3, -0.25) is 0 Å². The summed E-state index contributed by atoms with van der Waals surface area (Å²) in [6, 6.07) is 0. The van der Waals surface area contributed by atoms with Crippen LogP contribution in [0.4, 0.5) is 0 Å². The molecule has 0 atom stereocenters. The molecule has 0 bridgehead atoms. The molecular formula is C31H62I2. The van der Waals surface area contributed by atoms with Gasteiger partial charge in [0, 0.05) is 0 Å². The molecule has 0 fully saturated rings. The van der Waals surface area contributed by atoms with E-state index in [9.17, 15) is 0 Å². The highest BCUT2D eigenvalue weighted by molar-refractivity contribution is 14.2. The first-order chi connectivity index (χ1) is 16.3. The van der Waals surface area contributed by atoms with Gasteiger partial charge in [-0.15, -0.1) is 0 Å². The molecule has 0 amide bonds. The summed E-state index contributed by atoms with van der Waals surface area (Å²) >= 11 is 5.08. The predicted molar refractivity (Wildman–Crippen MR) is 171 cm³/mol. The second kappa shape index (κ2) is 31.5. The zero-order valence-electron chi connectivity index (χ0n) is 22.8. The van der Waals surface area contributed by atoms with Crippen LogP contribution in [0.25, 0.3) is 0 Å². The molecule has 0 unspecified atom stereocenters. The molecule has 0 spiro atoms.